The number of carbonyl (C=O) groups is 2. The second-order valence-corrected chi connectivity index (χ2v) is 8.25. The Balaban J connectivity index is 1.76. The number of nitrogens with one attached hydrogen (secondary N) is 2. The molecule has 0 heterocycles. The van der Waals surface area contributed by atoms with Gasteiger partial charge in [-0.2, -0.15) is 5.26 Å². The van der Waals surface area contributed by atoms with Crippen LogP contribution in [0.4, 0.5) is 17.1 Å². The highest BCUT2D eigenvalue weighted by atomic mass is 79.9. The number of nitro benzene ring substituents is 1. The number of carbonyl (C=O) groups excluding carboxylic acids is 2. The lowest BCUT2D eigenvalue weighted by Gasteiger charge is -2.11. The van der Waals surface area contributed by atoms with Crippen LogP contribution in [-0.2, 0) is 9.59 Å². The third-order valence-electron chi connectivity index (χ3n) is 4.46. The molecule has 0 saturated heterocycles. The molecule has 0 spiro atoms. The number of ether oxygens (including phenoxy) is 1. The second-order valence-electron chi connectivity index (χ2n) is 6.93. The topological polar surface area (TPSA) is 134 Å². The van der Waals surface area contributed by atoms with Crippen LogP contribution >= 0.6 is 27.5 Å². The third-order valence-corrected chi connectivity index (χ3v) is 5.28. The summed E-state index contributed by atoms with van der Waals surface area (Å²) in [5.74, 6) is -0.978. The first kappa shape index (κ1) is 25.4. The lowest BCUT2D eigenvalue weighted by molar-refractivity contribution is -0.384. The van der Waals surface area contributed by atoms with E-state index >= 15 is 0 Å². The zero-order chi connectivity index (χ0) is 25.4. The van der Waals surface area contributed by atoms with Gasteiger partial charge in [0, 0.05) is 27.9 Å². The largest absolute Gasteiger partial charge is 0.483 e. The maximum Gasteiger partial charge on any atom is 0.271 e. The van der Waals surface area contributed by atoms with E-state index in [1.807, 2.05) is 6.07 Å². The quantitative estimate of drug-likeness (QED) is 0.161. The number of para-hydroxylation sites is 1. The van der Waals surface area contributed by atoms with E-state index in [1.54, 1.807) is 42.5 Å². The van der Waals surface area contributed by atoms with E-state index < -0.39 is 16.7 Å². The predicted octanol–water partition coefficient (Wildman–Crippen LogP) is 5.57. The summed E-state index contributed by atoms with van der Waals surface area (Å²) in [7, 11) is 0. The van der Waals surface area contributed by atoms with Crippen molar-refractivity contribution in [2.75, 3.05) is 17.2 Å². The summed E-state index contributed by atoms with van der Waals surface area (Å²) in [6, 6.07) is 18.7. The molecule has 3 aromatic rings. The molecule has 3 rings (SSSR count). The first-order valence-electron chi connectivity index (χ1n) is 9.91. The van der Waals surface area contributed by atoms with Crippen molar-refractivity contribution in [2.24, 2.45) is 0 Å². The van der Waals surface area contributed by atoms with E-state index in [4.69, 9.17) is 16.3 Å². The molecule has 0 aromatic heterocycles. The maximum atomic E-state index is 12.6. The fourth-order valence-electron chi connectivity index (χ4n) is 2.86. The number of non-ortho nitro benzene ring substituents is 1. The molecule has 0 aliphatic heterocycles. The van der Waals surface area contributed by atoms with Crippen LogP contribution in [0.25, 0.3) is 6.08 Å². The first-order chi connectivity index (χ1) is 16.8. The zero-order valence-corrected chi connectivity index (χ0v) is 20.2. The number of hydrogen-bond acceptors (Lipinski definition) is 6. The second kappa shape index (κ2) is 11.8. The van der Waals surface area contributed by atoms with Gasteiger partial charge in [0.2, 0.25) is 0 Å². The van der Waals surface area contributed by atoms with Crippen LogP contribution in [0, 0.1) is 21.4 Å². The van der Waals surface area contributed by atoms with E-state index in [1.165, 1.54) is 30.3 Å². The number of hydrogen-bond donors (Lipinski definition) is 2. The van der Waals surface area contributed by atoms with Crippen LogP contribution in [0.15, 0.2) is 76.8 Å². The van der Waals surface area contributed by atoms with Crippen molar-refractivity contribution in [3.8, 4) is 11.8 Å². The van der Waals surface area contributed by atoms with Crippen LogP contribution in [0.3, 0.4) is 0 Å². The van der Waals surface area contributed by atoms with Crippen molar-refractivity contribution in [2.45, 2.75) is 0 Å². The molecule has 3 aromatic carbocycles. The van der Waals surface area contributed by atoms with E-state index in [2.05, 4.69) is 26.6 Å². The lowest BCUT2D eigenvalue weighted by Crippen LogP contribution is -2.20. The standard InChI is InChI=1S/C24H16BrClN4O5/c25-17-8-9-22(35-14-23(31)29-21-7-2-1-6-20(21)26)15(11-17)10-16(13-27)24(32)28-18-4-3-5-19(12-18)30(33)34/h1-12H,14H2,(H,28,32)(H,29,31)/b16-10-. The molecule has 2 N–H and O–H groups in total. The minimum absolute atomic E-state index is 0.160. The Morgan fingerprint density at radius 3 is 2.60 bits per heavy atom. The lowest BCUT2D eigenvalue weighted by atomic mass is 10.1. The van der Waals surface area contributed by atoms with Gasteiger partial charge in [-0.15, -0.1) is 0 Å². The molecule has 0 aliphatic rings. The smallest absolute Gasteiger partial charge is 0.271 e. The summed E-state index contributed by atoms with van der Waals surface area (Å²) in [5, 5.41) is 25.9. The number of amides is 2. The molecule has 35 heavy (non-hydrogen) atoms. The summed E-state index contributed by atoms with van der Waals surface area (Å²) in [5.41, 5.74) is 0.467. The average Bonchev–Trinajstić information content (AvgIpc) is 2.83. The van der Waals surface area contributed by atoms with Crippen LogP contribution in [0.1, 0.15) is 5.56 Å². The number of nitrogens with zero attached hydrogens (tertiary/aromatic N) is 2. The number of anilines is 2. The summed E-state index contributed by atoms with van der Waals surface area (Å²) in [6.45, 7) is -0.352. The van der Waals surface area contributed by atoms with E-state index in [0.29, 0.717) is 20.7 Å². The highest BCUT2D eigenvalue weighted by Gasteiger charge is 2.15. The van der Waals surface area contributed by atoms with Gasteiger partial charge in [-0.05, 0) is 42.5 Å². The average molecular weight is 556 g/mol. The van der Waals surface area contributed by atoms with Gasteiger partial charge >= 0.3 is 0 Å². The minimum Gasteiger partial charge on any atom is -0.483 e. The molecule has 0 fully saturated rings. The fraction of sp³-hybridized carbons (Fsp3) is 0.0417. The number of nitro groups is 1. The maximum absolute atomic E-state index is 12.6. The molecule has 0 atom stereocenters. The molecule has 0 unspecified atom stereocenters. The Kier molecular flexibility index (Phi) is 8.56. The van der Waals surface area contributed by atoms with Crippen LogP contribution in [0.5, 0.6) is 5.75 Å². The van der Waals surface area contributed by atoms with Gasteiger partial charge in [-0.3, -0.25) is 19.7 Å². The summed E-state index contributed by atoms with van der Waals surface area (Å²) < 4.78 is 6.26. The summed E-state index contributed by atoms with van der Waals surface area (Å²) in [4.78, 5) is 35.3. The summed E-state index contributed by atoms with van der Waals surface area (Å²) >= 11 is 9.37. The number of benzene rings is 3. The Hall–Kier alpha value is -4.20. The molecule has 11 heteroatoms. The van der Waals surface area contributed by atoms with Gasteiger partial charge in [-0.25, -0.2) is 0 Å². The Bertz CT molecular complexity index is 1370. The van der Waals surface area contributed by atoms with Gasteiger partial charge in [-0.1, -0.05) is 45.7 Å². The molecule has 0 saturated carbocycles. The Morgan fingerprint density at radius 1 is 1.11 bits per heavy atom. The SMILES string of the molecule is N#C/C(=C/c1cc(Br)ccc1OCC(=O)Nc1ccccc1Cl)C(=O)Nc1cccc([N+](=O)[O-])c1. The predicted molar refractivity (Wildman–Crippen MR) is 135 cm³/mol. The molecule has 0 bridgehead atoms. The number of rotatable bonds is 8. The van der Waals surface area contributed by atoms with E-state index in [0.717, 1.165) is 0 Å². The third kappa shape index (κ3) is 7.14. The first-order valence-corrected chi connectivity index (χ1v) is 11.1. The Labute approximate surface area is 213 Å². The van der Waals surface area contributed by atoms with E-state index in [-0.39, 0.29) is 29.3 Å². The van der Waals surface area contributed by atoms with Crippen molar-refractivity contribution in [3.05, 3.63) is 97.5 Å². The van der Waals surface area contributed by atoms with Crippen LogP contribution in [0.2, 0.25) is 5.02 Å². The fourth-order valence-corrected chi connectivity index (χ4v) is 3.42. The van der Waals surface area contributed by atoms with Crippen molar-refractivity contribution in [1.82, 2.24) is 0 Å². The van der Waals surface area contributed by atoms with Crippen LogP contribution in [-0.4, -0.2) is 23.3 Å². The number of nitriles is 1. The molecular formula is C24H16BrClN4O5. The van der Waals surface area contributed by atoms with Gasteiger partial charge in [0.25, 0.3) is 17.5 Å². The normalized spacial score (nSPS) is 10.7. The highest BCUT2D eigenvalue weighted by molar-refractivity contribution is 9.10. The van der Waals surface area contributed by atoms with Gasteiger partial charge < -0.3 is 15.4 Å². The Morgan fingerprint density at radius 2 is 1.89 bits per heavy atom. The molecule has 0 radical (unpaired) electrons. The van der Waals surface area contributed by atoms with Crippen molar-refractivity contribution in [3.63, 3.8) is 0 Å². The molecule has 9 nitrogen and oxygen atoms in total. The van der Waals surface area contributed by atoms with E-state index in [9.17, 15) is 25.0 Å². The van der Waals surface area contributed by atoms with Crippen LogP contribution < -0.4 is 15.4 Å². The van der Waals surface area contributed by atoms with Crippen molar-refractivity contribution < 1.29 is 19.2 Å². The highest BCUT2D eigenvalue weighted by Crippen LogP contribution is 2.27. The molecular weight excluding hydrogens is 540 g/mol. The van der Waals surface area contributed by atoms with Crippen molar-refractivity contribution >= 4 is 62.5 Å². The monoisotopic (exact) mass is 554 g/mol. The summed E-state index contributed by atoms with van der Waals surface area (Å²) in [6.07, 6.45) is 1.29. The minimum atomic E-state index is -0.768. The van der Waals surface area contributed by atoms with Gasteiger partial charge in [0.1, 0.15) is 17.4 Å². The zero-order valence-electron chi connectivity index (χ0n) is 17.8. The van der Waals surface area contributed by atoms with Gasteiger partial charge in [0.05, 0.1) is 15.6 Å². The molecule has 176 valence electrons. The van der Waals surface area contributed by atoms with Gasteiger partial charge in [0.15, 0.2) is 6.61 Å². The number of halogens is 2. The van der Waals surface area contributed by atoms with Crippen molar-refractivity contribution in [1.29, 1.82) is 5.26 Å². The molecule has 2 amide bonds. The molecule has 0 aliphatic carbocycles.